The van der Waals surface area contributed by atoms with Crippen molar-refractivity contribution in [2.24, 2.45) is 17.3 Å². The Bertz CT molecular complexity index is 326. The molecule has 0 aromatic rings. The van der Waals surface area contributed by atoms with E-state index in [-0.39, 0.29) is 11.4 Å². The van der Waals surface area contributed by atoms with Crippen LogP contribution in [0.15, 0.2) is 0 Å². The fraction of sp³-hybridized carbons (Fsp3) is 0.938. The van der Waals surface area contributed by atoms with Gasteiger partial charge >= 0.3 is 5.97 Å². The normalized spacial score (nSPS) is 33.6. The smallest absolute Gasteiger partial charge is 0.313 e. The number of hydrogen-bond donors (Lipinski definition) is 1. The highest BCUT2D eigenvalue weighted by Crippen LogP contribution is 2.33. The minimum absolute atomic E-state index is 0.0782. The SMILES string of the molecule is COC(=O)C1(CN[C@@H]2CC[C@H](C)[C@H](C)C2)CCOCC1. The third-order valence-corrected chi connectivity index (χ3v) is 5.40. The number of hydrogen-bond acceptors (Lipinski definition) is 4. The van der Waals surface area contributed by atoms with E-state index in [1.54, 1.807) is 0 Å². The predicted molar refractivity (Wildman–Crippen MR) is 78.5 cm³/mol. The highest BCUT2D eigenvalue weighted by molar-refractivity contribution is 5.77. The standard InChI is InChI=1S/C16H29NO3/c1-12-4-5-14(10-13(12)2)17-11-16(15(18)19-3)6-8-20-9-7-16/h12-14,17H,4-11H2,1-3H3/t12-,13+,14+/m0/s1. The molecule has 4 nitrogen and oxygen atoms in total. The van der Waals surface area contributed by atoms with Crippen LogP contribution in [-0.4, -0.2) is 38.9 Å². The molecule has 1 N–H and O–H groups in total. The molecule has 2 rings (SSSR count). The van der Waals surface area contributed by atoms with E-state index in [2.05, 4.69) is 19.2 Å². The first-order chi connectivity index (χ1) is 9.57. The lowest BCUT2D eigenvalue weighted by Gasteiger charge is -2.38. The molecule has 0 aromatic carbocycles. The molecule has 0 aromatic heterocycles. The fourth-order valence-corrected chi connectivity index (χ4v) is 3.50. The maximum atomic E-state index is 12.2. The summed E-state index contributed by atoms with van der Waals surface area (Å²) in [7, 11) is 1.49. The van der Waals surface area contributed by atoms with Gasteiger partial charge in [0.25, 0.3) is 0 Å². The summed E-state index contributed by atoms with van der Waals surface area (Å²) in [5.74, 6) is 1.52. The highest BCUT2D eigenvalue weighted by atomic mass is 16.5. The molecule has 0 unspecified atom stereocenters. The Labute approximate surface area is 122 Å². The average Bonchev–Trinajstić information content (AvgIpc) is 2.48. The van der Waals surface area contributed by atoms with Crippen molar-refractivity contribution in [2.75, 3.05) is 26.9 Å². The lowest BCUT2D eigenvalue weighted by molar-refractivity contribution is -0.158. The molecule has 1 aliphatic carbocycles. The predicted octanol–water partition coefficient (Wildman–Crippen LogP) is 2.37. The number of carbonyl (C=O) groups excluding carboxylic acids is 1. The zero-order valence-electron chi connectivity index (χ0n) is 13.1. The topological polar surface area (TPSA) is 47.6 Å². The highest BCUT2D eigenvalue weighted by Gasteiger charge is 2.41. The number of esters is 1. The van der Waals surface area contributed by atoms with Gasteiger partial charge in [-0.2, -0.15) is 0 Å². The van der Waals surface area contributed by atoms with E-state index in [1.165, 1.54) is 26.4 Å². The molecule has 0 amide bonds. The van der Waals surface area contributed by atoms with Gasteiger partial charge in [0.1, 0.15) is 0 Å². The molecule has 20 heavy (non-hydrogen) atoms. The Hall–Kier alpha value is -0.610. The Morgan fingerprint density at radius 2 is 1.95 bits per heavy atom. The fourth-order valence-electron chi connectivity index (χ4n) is 3.50. The average molecular weight is 283 g/mol. The van der Waals surface area contributed by atoms with E-state index in [0.717, 1.165) is 31.2 Å². The molecule has 0 spiro atoms. The van der Waals surface area contributed by atoms with E-state index < -0.39 is 0 Å². The zero-order valence-corrected chi connectivity index (χ0v) is 13.1. The van der Waals surface area contributed by atoms with Crippen molar-refractivity contribution in [1.82, 2.24) is 5.32 Å². The van der Waals surface area contributed by atoms with Crippen molar-refractivity contribution in [3.63, 3.8) is 0 Å². The number of ether oxygens (including phenoxy) is 2. The molecule has 1 saturated carbocycles. The van der Waals surface area contributed by atoms with Gasteiger partial charge in [-0.3, -0.25) is 4.79 Å². The van der Waals surface area contributed by atoms with Crippen LogP contribution in [0.5, 0.6) is 0 Å². The maximum absolute atomic E-state index is 12.2. The van der Waals surface area contributed by atoms with Crippen LogP contribution in [0.25, 0.3) is 0 Å². The lowest BCUT2D eigenvalue weighted by Crippen LogP contribution is -2.49. The molecule has 2 fully saturated rings. The van der Waals surface area contributed by atoms with Gasteiger partial charge in [-0.1, -0.05) is 13.8 Å². The largest absolute Gasteiger partial charge is 0.469 e. The molecule has 3 atom stereocenters. The molecule has 1 heterocycles. The van der Waals surface area contributed by atoms with Crippen LogP contribution in [0.2, 0.25) is 0 Å². The first kappa shape index (κ1) is 15.8. The van der Waals surface area contributed by atoms with Crippen LogP contribution in [0.3, 0.4) is 0 Å². The minimum atomic E-state index is -0.376. The monoisotopic (exact) mass is 283 g/mol. The van der Waals surface area contributed by atoms with E-state index in [9.17, 15) is 4.79 Å². The molecule has 1 aliphatic heterocycles. The second kappa shape index (κ2) is 6.90. The molecule has 116 valence electrons. The van der Waals surface area contributed by atoms with E-state index in [4.69, 9.17) is 9.47 Å². The Kier molecular flexibility index (Phi) is 5.44. The molecule has 4 heteroatoms. The first-order valence-corrected chi connectivity index (χ1v) is 7.97. The van der Waals surface area contributed by atoms with Crippen molar-refractivity contribution in [2.45, 2.75) is 52.0 Å². The maximum Gasteiger partial charge on any atom is 0.313 e. The number of nitrogens with one attached hydrogen (secondary N) is 1. The van der Waals surface area contributed by atoms with Crippen molar-refractivity contribution in [3.8, 4) is 0 Å². The lowest BCUT2D eigenvalue weighted by atomic mass is 9.77. The molecule has 0 radical (unpaired) electrons. The van der Waals surface area contributed by atoms with Crippen LogP contribution in [0.1, 0.15) is 46.0 Å². The zero-order chi connectivity index (χ0) is 14.6. The van der Waals surface area contributed by atoms with Gasteiger partial charge in [-0.15, -0.1) is 0 Å². The van der Waals surface area contributed by atoms with Crippen LogP contribution < -0.4 is 5.32 Å². The van der Waals surface area contributed by atoms with Crippen molar-refractivity contribution in [1.29, 1.82) is 0 Å². The third kappa shape index (κ3) is 3.53. The van der Waals surface area contributed by atoms with E-state index in [0.29, 0.717) is 19.3 Å². The van der Waals surface area contributed by atoms with Gasteiger partial charge in [0.05, 0.1) is 12.5 Å². The molecular formula is C16H29NO3. The molecule has 2 aliphatic rings. The summed E-state index contributed by atoms with van der Waals surface area (Å²) >= 11 is 0. The van der Waals surface area contributed by atoms with E-state index in [1.807, 2.05) is 0 Å². The molecular weight excluding hydrogens is 254 g/mol. The Balaban J connectivity index is 1.90. The second-order valence-electron chi connectivity index (χ2n) is 6.73. The molecule has 1 saturated heterocycles. The summed E-state index contributed by atoms with van der Waals surface area (Å²) < 4.78 is 10.4. The first-order valence-electron chi connectivity index (χ1n) is 7.97. The summed E-state index contributed by atoms with van der Waals surface area (Å²) in [4.78, 5) is 12.2. The number of methoxy groups -OCH3 is 1. The van der Waals surface area contributed by atoms with Gasteiger partial charge < -0.3 is 14.8 Å². The summed E-state index contributed by atoms with van der Waals surface area (Å²) in [6, 6.07) is 0.547. The Morgan fingerprint density at radius 3 is 2.55 bits per heavy atom. The van der Waals surface area contributed by atoms with Gasteiger partial charge in [-0.05, 0) is 43.9 Å². The quantitative estimate of drug-likeness (QED) is 0.805. The van der Waals surface area contributed by atoms with Crippen LogP contribution in [0.4, 0.5) is 0 Å². The Morgan fingerprint density at radius 1 is 1.25 bits per heavy atom. The van der Waals surface area contributed by atoms with Crippen LogP contribution in [-0.2, 0) is 14.3 Å². The van der Waals surface area contributed by atoms with Gasteiger partial charge in [0.2, 0.25) is 0 Å². The van der Waals surface area contributed by atoms with Crippen molar-refractivity contribution < 1.29 is 14.3 Å². The molecule has 0 bridgehead atoms. The van der Waals surface area contributed by atoms with Crippen LogP contribution >= 0.6 is 0 Å². The summed E-state index contributed by atoms with van der Waals surface area (Å²) in [5, 5.41) is 3.64. The van der Waals surface area contributed by atoms with Gasteiger partial charge in [0.15, 0.2) is 0 Å². The van der Waals surface area contributed by atoms with Crippen LogP contribution in [0, 0.1) is 17.3 Å². The van der Waals surface area contributed by atoms with E-state index >= 15 is 0 Å². The van der Waals surface area contributed by atoms with Gasteiger partial charge in [0, 0.05) is 25.8 Å². The summed E-state index contributed by atoms with van der Waals surface area (Å²) in [6.07, 6.45) is 5.26. The number of carbonyl (C=O) groups is 1. The third-order valence-electron chi connectivity index (χ3n) is 5.40. The van der Waals surface area contributed by atoms with Crippen molar-refractivity contribution in [3.05, 3.63) is 0 Å². The summed E-state index contributed by atoms with van der Waals surface area (Å²) in [5.41, 5.74) is -0.376. The second-order valence-corrected chi connectivity index (χ2v) is 6.73. The van der Waals surface area contributed by atoms with Crippen molar-refractivity contribution >= 4 is 5.97 Å². The summed E-state index contributed by atoms with van der Waals surface area (Å²) in [6.45, 7) is 6.73. The van der Waals surface area contributed by atoms with Gasteiger partial charge in [-0.25, -0.2) is 0 Å². The minimum Gasteiger partial charge on any atom is -0.469 e. The number of rotatable bonds is 4.